The van der Waals surface area contributed by atoms with Crippen molar-refractivity contribution in [3.05, 3.63) is 24.3 Å². The molecule has 1 unspecified atom stereocenters. The summed E-state index contributed by atoms with van der Waals surface area (Å²) in [5.74, 6) is 1.30. The largest absolute Gasteiger partial charge is 0.494 e. The summed E-state index contributed by atoms with van der Waals surface area (Å²) in [4.78, 5) is 8.34. The quantitative estimate of drug-likeness (QED) is 0.776. The Morgan fingerprint density at radius 3 is 2.95 bits per heavy atom. The monoisotopic (exact) mass is 292 g/mol. The molecule has 7 heteroatoms. The van der Waals surface area contributed by atoms with Gasteiger partial charge < -0.3 is 19.7 Å². The van der Waals surface area contributed by atoms with Crippen molar-refractivity contribution in [1.29, 1.82) is 0 Å². The molecule has 0 fully saturated rings. The summed E-state index contributed by atoms with van der Waals surface area (Å²) in [5.41, 5.74) is 6.06. The fraction of sp³-hybridized carbons (Fsp3) is 0.500. The maximum absolute atomic E-state index is 6.19. The molecular weight excluding hydrogens is 272 g/mol. The van der Waals surface area contributed by atoms with Gasteiger partial charge in [-0.15, -0.1) is 0 Å². The summed E-state index contributed by atoms with van der Waals surface area (Å²) in [7, 11) is 1.56. The van der Waals surface area contributed by atoms with Crippen molar-refractivity contribution in [2.75, 3.05) is 20.3 Å². The molecule has 0 aliphatic rings. The van der Waals surface area contributed by atoms with Crippen LogP contribution in [-0.4, -0.2) is 35.4 Å². The van der Waals surface area contributed by atoms with Crippen LogP contribution in [0.2, 0.25) is 0 Å². The van der Waals surface area contributed by atoms with Gasteiger partial charge in [0.25, 0.3) is 5.89 Å². The van der Waals surface area contributed by atoms with Crippen molar-refractivity contribution in [2.24, 2.45) is 5.73 Å². The molecule has 0 aromatic carbocycles. The van der Waals surface area contributed by atoms with E-state index in [-0.39, 0.29) is 0 Å². The molecule has 0 spiro atoms. The van der Waals surface area contributed by atoms with Crippen LogP contribution in [0.25, 0.3) is 11.5 Å². The highest BCUT2D eigenvalue weighted by Gasteiger charge is 2.28. The van der Waals surface area contributed by atoms with Crippen LogP contribution in [0, 0.1) is 0 Å². The summed E-state index contributed by atoms with van der Waals surface area (Å²) in [6.45, 7) is 4.82. The maximum atomic E-state index is 6.19. The van der Waals surface area contributed by atoms with Gasteiger partial charge in [0.05, 0.1) is 25.5 Å². The first-order chi connectivity index (χ1) is 10.1. The molecule has 7 nitrogen and oxygen atoms in total. The van der Waals surface area contributed by atoms with E-state index < -0.39 is 5.54 Å². The van der Waals surface area contributed by atoms with Gasteiger partial charge in [-0.25, -0.2) is 0 Å². The molecule has 2 aromatic rings. The standard InChI is InChI=1S/C14H20N4O3/c1-4-7-20-9-14(2,15)13-17-12(21-18-13)10-5-6-16-8-11(10)19-3/h5-6,8H,4,7,9,15H2,1-3H3. The predicted octanol–water partition coefficient (Wildman–Crippen LogP) is 1.74. The molecule has 114 valence electrons. The Labute approximate surface area is 123 Å². The number of methoxy groups -OCH3 is 1. The average Bonchev–Trinajstić information content (AvgIpc) is 2.98. The number of ether oxygens (including phenoxy) is 2. The van der Waals surface area contributed by atoms with Crippen LogP contribution >= 0.6 is 0 Å². The minimum atomic E-state index is -0.808. The number of nitrogens with zero attached hydrogens (tertiary/aromatic N) is 3. The lowest BCUT2D eigenvalue weighted by Gasteiger charge is -2.19. The number of rotatable bonds is 7. The van der Waals surface area contributed by atoms with Crippen LogP contribution in [0.3, 0.4) is 0 Å². The predicted molar refractivity (Wildman–Crippen MR) is 76.7 cm³/mol. The van der Waals surface area contributed by atoms with Gasteiger partial charge in [-0.05, 0) is 19.4 Å². The number of nitrogens with two attached hydrogens (primary N) is 1. The number of hydrogen-bond donors (Lipinski definition) is 1. The molecular formula is C14H20N4O3. The highest BCUT2D eigenvalue weighted by Crippen LogP contribution is 2.28. The molecule has 1 atom stereocenters. The van der Waals surface area contributed by atoms with Gasteiger partial charge in [0.1, 0.15) is 11.3 Å². The Kier molecular flexibility index (Phi) is 4.87. The molecule has 0 bridgehead atoms. The van der Waals surface area contributed by atoms with Crippen LogP contribution in [0.4, 0.5) is 0 Å². The van der Waals surface area contributed by atoms with E-state index in [9.17, 15) is 0 Å². The summed E-state index contributed by atoms with van der Waals surface area (Å²) >= 11 is 0. The summed E-state index contributed by atoms with van der Waals surface area (Å²) < 4.78 is 16.0. The number of pyridine rings is 1. The molecule has 2 rings (SSSR count). The Hall–Kier alpha value is -1.99. The van der Waals surface area contributed by atoms with E-state index in [1.54, 1.807) is 32.5 Å². The lowest BCUT2D eigenvalue weighted by molar-refractivity contribution is 0.0867. The number of aromatic nitrogens is 3. The van der Waals surface area contributed by atoms with Crippen molar-refractivity contribution in [2.45, 2.75) is 25.8 Å². The fourth-order valence-corrected chi connectivity index (χ4v) is 1.78. The van der Waals surface area contributed by atoms with Crippen LogP contribution < -0.4 is 10.5 Å². The zero-order valence-electron chi connectivity index (χ0n) is 12.5. The first-order valence-electron chi connectivity index (χ1n) is 6.77. The highest BCUT2D eigenvalue weighted by atomic mass is 16.5. The molecule has 0 radical (unpaired) electrons. The van der Waals surface area contributed by atoms with Crippen LogP contribution in [0.5, 0.6) is 5.75 Å². The fourth-order valence-electron chi connectivity index (χ4n) is 1.78. The number of hydrogen-bond acceptors (Lipinski definition) is 7. The molecule has 0 amide bonds. The van der Waals surface area contributed by atoms with Crippen molar-refractivity contribution < 1.29 is 14.0 Å². The second-order valence-corrected chi connectivity index (χ2v) is 4.97. The normalized spacial score (nSPS) is 13.9. The first kappa shape index (κ1) is 15.4. The lowest BCUT2D eigenvalue weighted by Crippen LogP contribution is -2.39. The van der Waals surface area contributed by atoms with E-state index in [0.717, 1.165) is 6.42 Å². The maximum Gasteiger partial charge on any atom is 0.261 e. The van der Waals surface area contributed by atoms with Crippen molar-refractivity contribution >= 4 is 0 Å². The van der Waals surface area contributed by atoms with Gasteiger partial charge in [-0.2, -0.15) is 4.98 Å². The Morgan fingerprint density at radius 1 is 1.43 bits per heavy atom. The van der Waals surface area contributed by atoms with E-state index in [2.05, 4.69) is 15.1 Å². The van der Waals surface area contributed by atoms with Gasteiger partial charge in [0, 0.05) is 12.8 Å². The lowest BCUT2D eigenvalue weighted by atomic mass is 10.1. The van der Waals surface area contributed by atoms with Gasteiger partial charge in [0.15, 0.2) is 5.82 Å². The Bertz CT molecular complexity index is 583. The van der Waals surface area contributed by atoms with E-state index in [1.165, 1.54) is 0 Å². The minimum absolute atomic E-state index is 0.327. The molecule has 0 aliphatic carbocycles. The summed E-state index contributed by atoms with van der Waals surface area (Å²) in [6.07, 6.45) is 4.15. The van der Waals surface area contributed by atoms with E-state index in [1.807, 2.05) is 6.92 Å². The minimum Gasteiger partial charge on any atom is -0.494 e. The van der Waals surface area contributed by atoms with Gasteiger partial charge in [0.2, 0.25) is 0 Å². The molecule has 2 aromatic heterocycles. The van der Waals surface area contributed by atoms with E-state index >= 15 is 0 Å². The molecule has 2 N–H and O–H groups in total. The van der Waals surface area contributed by atoms with E-state index in [0.29, 0.717) is 36.2 Å². The first-order valence-corrected chi connectivity index (χ1v) is 6.77. The Morgan fingerprint density at radius 2 is 2.24 bits per heavy atom. The van der Waals surface area contributed by atoms with Crippen LogP contribution in [0.15, 0.2) is 23.0 Å². The van der Waals surface area contributed by atoms with Crippen LogP contribution in [-0.2, 0) is 10.3 Å². The SMILES string of the molecule is CCCOCC(C)(N)c1noc(-c2ccncc2OC)n1. The Balaban J connectivity index is 2.21. The van der Waals surface area contributed by atoms with Gasteiger partial charge in [-0.1, -0.05) is 12.1 Å². The molecule has 0 aliphatic heterocycles. The third-order valence-corrected chi connectivity index (χ3v) is 2.92. The third kappa shape index (κ3) is 3.56. The van der Waals surface area contributed by atoms with Crippen molar-refractivity contribution in [1.82, 2.24) is 15.1 Å². The molecule has 21 heavy (non-hydrogen) atoms. The highest BCUT2D eigenvalue weighted by molar-refractivity contribution is 5.61. The molecule has 2 heterocycles. The van der Waals surface area contributed by atoms with Crippen molar-refractivity contribution in [3.63, 3.8) is 0 Å². The summed E-state index contributed by atoms with van der Waals surface area (Å²) in [5, 5.41) is 3.95. The third-order valence-electron chi connectivity index (χ3n) is 2.92. The molecule has 0 saturated heterocycles. The second kappa shape index (κ2) is 6.64. The smallest absolute Gasteiger partial charge is 0.261 e. The van der Waals surface area contributed by atoms with E-state index in [4.69, 9.17) is 19.7 Å². The van der Waals surface area contributed by atoms with Crippen LogP contribution in [0.1, 0.15) is 26.1 Å². The van der Waals surface area contributed by atoms with Gasteiger partial charge >= 0.3 is 0 Å². The van der Waals surface area contributed by atoms with Crippen molar-refractivity contribution in [3.8, 4) is 17.2 Å². The summed E-state index contributed by atoms with van der Waals surface area (Å²) in [6, 6.07) is 1.75. The zero-order chi connectivity index (χ0) is 15.3. The average molecular weight is 292 g/mol. The second-order valence-electron chi connectivity index (χ2n) is 4.97. The topological polar surface area (TPSA) is 96.3 Å². The van der Waals surface area contributed by atoms with Gasteiger partial charge in [-0.3, -0.25) is 4.98 Å². The molecule has 0 saturated carbocycles. The zero-order valence-corrected chi connectivity index (χ0v) is 12.5.